The zero-order valence-corrected chi connectivity index (χ0v) is 29.3. The average molecular weight is 656 g/mol. The Hall–Kier alpha value is -0.880. The van der Waals surface area contributed by atoms with Crippen molar-refractivity contribution in [3.05, 3.63) is 22.8 Å². The smallest absolute Gasteiger partial charge is 0.399 e. The monoisotopic (exact) mass is 656 g/mol. The summed E-state index contributed by atoms with van der Waals surface area (Å²) in [7, 11) is -0.638. The van der Waals surface area contributed by atoms with E-state index in [-0.39, 0.29) is 36.6 Å². The minimum atomic E-state index is -0.322. The Morgan fingerprint density at radius 2 is 1.05 bits per heavy atom. The number of hydrogen-bond acceptors (Lipinski definition) is 6. The van der Waals surface area contributed by atoms with Gasteiger partial charge in [0.1, 0.15) is 0 Å². The Balaban J connectivity index is 0.000000243. The molecule has 2 fully saturated rings. The van der Waals surface area contributed by atoms with E-state index in [1.54, 1.807) is 0 Å². The molecule has 0 saturated carbocycles. The van der Waals surface area contributed by atoms with E-state index in [9.17, 15) is 0 Å². The van der Waals surface area contributed by atoms with Crippen molar-refractivity contribution in [2.45, 2.75) is 143 Å². The zero-order chi connectivity index (χ0) is 30.3. The summed E-state index contributed by atoms with van der Waals surface area (Å²) in [6, 6.07) is 0.342. The van der Waals surface area contributed by atoms with Crippen LogP contribution in [0, 0.1) is 27.7 Å². The fourth-order valence-corrected chi connectivity index (χ4v) is 4.35. The minimum absolute atomic E-state index is 0.298. The van der Waals surface area contributed by atoms with Gasteiger partial charge < -0.3 is 18.6 Å². The van der Waals surface area contributed by atoms with E-state index in [4.69, 9.17) is 18.6 Å². The lowest BCUT2D eigenvalue weighted by atomic mass is 9.77. The van der Waals surface area contributed by atoms with Crippen LogP contribution >= 0.6 is 22.6 Å². The first-order chi connectivity index (χ1) is 17.5. The van der Waals surface area contributed by atoms with E-state index >= 15 is 0 Å². The summed E-state index contributed by atoms with van der Waals surface area (Å²) in [6.07, 6.45) is 0. The summed E-state index contributed by atoms with van der Waals surface area (Å²) in [5.41, 5.74) is 4.96. The first-order valence-electron chi connectivity index (χ1n) is 14.0. The van der Waals surface area contributed by atoms with Gasteiger partial charge in [0.15, 0.2) is 0 Å². The van der Waals surface area contributed by atoms with Crippen LogP contribution in [0.1, 0.15) is 112 Å². The molecule has 4 heterocycles. The van der Waals surface area contributed by atoms with E-state index in [0.717, 1.165) is 37.6 Å². The van der Waals surface area contributed by atoms with Crippen molar-refractivity contribution in [3.63, 3.8) is 0 Å². The normalized spacial score (nSPS) is 20.7. The van der Waals surface area contributed by atoms with Crippen LogP contribution in [0.2, 0.25) is 0 Å². The molecule has 220 valence electrons. The molecule has 11 heteroatoms. The first-order valence-corrected chi connectivity index (χ1v) is 15.2. The van der Waals surface area contributed by atoms with Crippen molar-refractivity contribution in [2.75, 3.05) is 0 Å². The van der Waals surface area contributed by atoms with Crippen LogP contribution in [-0.2, 0) is 18.6 Å². The molecule has 2 aliphatic rings. The Kier molecular flexibility index (Phi) is 10.7. The average Bonchev–Trinajstić information content (AvgIpc) is 3.36. The number of alkyl halides is 1. The molecule has 0 aliphatic carbocycles. The number of aromatic amines is 1. The fraction of sp³-hybridized carbons (Fsp3) is 0.786. The maximum absolute atomic E-state index is 6.13. The van der Waals surface area contributed by atoms with Crippen molar-refractivity contribution in [3.8, 4) is 0 Å². The van der Waals surface area contributed by atoms with Crippen LogP contribution in [-0.4, -0.2) is 60.5 Å². The molecule has 2 aromatic heterocycles. The minimum Gasteiger partial charge on any atom is -0.399 e. The number of hydrogen-bond donors (Lipinski definition) is 1. The lowest BCUT2D eigenvalue weighted by molar-refractivity contribution is 0.00578. The van der Waals surface area contributed by atoms with Crippen LogP contribution in [0.25, 0.3) is 0 Å². The van der Waals surface area contributed by atoms with Crippen molar-refractivity contribution >= 4 is 47.8 Å². The van der Waals surface area contributed by atoms with Gasteiger partial charge in [0, 0.05) is 32.3 Å². The number of H-pyrrole nitrogens is 1. The predicted octanol–water partition coefficient (Wildman–Crippen LogP) is 5.54. The molecule has 0 spiro atoms. The molecule has 0 radical (unpaired) electrons. The number of rotatable bonds is 3. The predicted molar refractivity (Wildman–Crippen MR) is 171 cm³/mol. The van der Waals surface area contributed by atoms with Gasteiger partial charge in [-0.25, -0.2) is 0 Å². The van der Waals surface area contributed by atoms with Crippen molar-refractivity contribution in [1.82, 2.24) is 20.0 Å². The standard InChI is InChI=1S/C14H25BN2O2.C11H19BN2O2.C3H7I/c1-9(2)17-11(4)12(10(3)16-17)15-18-13(5,6)14(7,8)19-15;1-7-9(8(2)14-13-7)12-15-10(3,4)11(5,6)16-12;1-3(2)4/h9H,1-8H3;1-6H3,(H,13,14);3H,1-2H3. The second-order valence-electron chi connectivity index (χ2n) is 13.2. The summed E-state index contributed by atoms with van der Waals surface area (Å²) in [5.74, 6) is 0. The second kappa shape index (κ2) is 12.2. The van der Waals surface area contributed by atoms with E-state index < -0.39 is 0 Å². The van der Waals surface area contributed by atoms with E-state index in [2.05, 4.69) is 128 Å². The van der Waals surface area contributed by atoms with Gasteiger partial charge in [-0.2, -0.15) is 10.2 Å². The highest BCUT2D eigenvalue weighted by Crippen LogP contribution is 2.38. The zero-order valence-electron chi connectivity index (χ0n) is 27.2. The molecule has 0 atom stereocenters. The molecule has 0 bridgehead atoms. The van der Waals surface area contributed by atoms with E-state index in [1.807, 2.05) is 25.5 Å². The highest BCUT2D eigenvalue weighted by atomic mass is 127. The molecule has 0 aromatic carbocycles. The largest absolute Gasteiger partial charge is 0.498 e. The van der Waals surface area contributed by atoms with Crippen molar-refractivity contribution in [2.24, 2.45) is 0 Å². The molecular formula is C28H51B2IN4O4. The highest BCUT2D eigenvalue weighted by molar-refractivity contribution is 14.1. The summed E-state index contributed by atoms with van der Waals surface area (Å²) < 4.78 is 27.1. The quantitative estimate of drug-likeness (QED) is 0.266. The maximum atomic E-state index is 6.13. The van der Waals surface area contributed by atoms with Crippen LogP contribution in [0.4, 0.5) is 0 Å². The second-order valence-corrected chi connectivity index (χ2v) is 15.7. The van der Waals surface area contributed by atoms with Gasteiger partial charge in [0.25, 0.3) is 0 Å². The Bertz CT molecular complexity index is 1070. The summed E-state index contributed by atoms with van der Waals surface area (Å²) in [5, 5.41) is 11.7. The molecule has 2 aliphatic heterocycles. The number of nitrogens with one attached hydrogen (secondary N) is 1. The van der Waals surface area contributed by atoms with Crippen molar-refractivity contribution < 1.29 is 18.6 Å². The number of nitrogens with zero attached hydrogens (tertiary/aromatic N) is 3. The third-order valence-electron chi connectivity index (χ3n) is 8.03. The maximum Gasteiger partial charge on any atom is 0.498 e. The molecular weight excluding hydrogens is 605 g/mol. The van der Waals surface area contributed by atoms with Gasteiger partial charge in [-0.05, 0) is 96.9 Å². The van der Waals surface area contributed by atoms with Gasteiger partial charge >= 0.3 is 14.2 Å². The molecule has 0 amide bonds. The van der Waals surface area contributed by atoms with Crippen molar-refractivity contribution in [1.29, 1.82) is 0 Å². The molecule has 2 aromatic rings. The van der Waals surface area contributed by atoms with Gasteiger partial charge in [0.2, 0.25) is 0 Å². The van der Waals surface area contributed by atoms with Crippen LogP contribution in [0.3, 0.4) is 0 Å². The van der Waals surface area contributed by atoms with Gasteiger partial charge in [-0.1, -0.05) is 36.4 Å². The Morgan fingerprint density at radius 1 is 0.692 bits per heavy atom. The lowest BCUT2D eigenvalue weighted by Crippen LogP contribution is -2.41. The number of halogens is 1. The molecule has 0 unspecified atom stereocenters. The topological polar surface area (TPSA) is 83.4 Å². The van der Waals surface area contributed by atoms with Gasteiger partial charge in [0.05, 0.1) is 33.8 Å². The highest BCUT2D eigenvalue weighted by Gasteiger charge is 2.54. The van der Waals surface area contributed by atoms with Gasteiger partial charge in [-0.15, -0.1) is 0 Å². The Morgan fingerprint density at radius 3 is 1.33 bits per heavy atom. The number of aryl methyl sites for hydroxylation is 3. The SMILES string of the molecule is CC(C)I.Cc1n[nH]c(C)c1B1OC(C)(C)C(C)(C)O1.Cc1nn(C(C)C)c(C)c1B1OC(C)(C)C(C)(C)O1. The number of aromatic nitrogens is 4. The molecule has 1 N–H and O–H groups in total. The van der Waals surface area contributed by atoms with Crippen LogP contribution in [0.15, 0.2) is 0 Å². The third-order valence-corrected chi connectivity index (χ3v) is 8.03. The Labute approximate surface area is 251 Å². The fourth-order valence-electron chi connectivity index (χ4n) is 4.35. The molecule has 4 rings (SSSR count). The lowest BCUT2D eigenvalue weighted by Gasteiger charge is -2.32. The summed E-state index contributed by atoms with van der Waals surface area (Å²) in [4.78, 5) is 0. The molecule has 8 nitrogen and oxygen atoms in total. The van der Waals surface area contributed by atoms with Crippen LogP contribution < -0.4 is 10.9 Å². The van der Waals surface area contributed by atoms with Gasteiger partial charge in [-0.3, -0.25) is 9.78 Å². The van der Waals surface area contributed by atoms with Crippen LogP contribution in [0.5, 0.6) is 0 Å². The first kappa shape index (κ1) is 34.3. The molecule has 39 heavy (non-hydrogen) atoms. The summed E-state index contributed by atoms with van der Waals surface area (Å²) in [6.45, 7) is 33.1. The molecule has 2 saturated heterocycles. The van der Waals surface area contributed by atoms with E-state index in [0.29, 0.717) is 6.04 Å². The summed E-state index contributed by atoms with van der Waals surface area (Å²) >= 11 is 2.34. The third kappa shape index (κ3) is 7.50. The van der Waals surface area contributed by atoms with E-state index in [1.165, 1.54) is 0 Å².